The van der Waals surface area contributed by atoms with Crippen molar-refractivity contribution in [3.8, 4) is 5.75 Å². The summed E-state index contributed by atoms with van der Waals surface area (Å²) in [5.74, 6) is -1.21. The first-order valence-electron chi connectivity index (χ1n) is 4.81. The lowest BCUT2D eigenvalue weighted by Crippen LogP contribution is -2.29. The molecule has 6 heteroatoms. The van der Waals surface area contributed by atoms with Crippen molar-refractivity contribution >= 4 is 17.6 Å². The third-order valence-electron chi connectivity index (χ3n) is 2.36. The molecule has 0 amide bonds. The Morgan fingerprint density at radius 2 is 2.00 bits per heavy atom. The SMILES string of the molecule is COC(=O)C(O)C(O)c1cc(Cl)cc(C)c1O. The molecule has 0 radical (unpaired) electrons. The van der Waals surface area contributed by atoms with Gasteiger partial charge in [-0.2, -0.15) is 0 Å². The van der Waals surface area contributed by atoms with Crippen LogP contribution in [0.4, 0.5) is 0 Å². The first-order valence-corrected chi connectivity index (χ1v) is 5.19. The number of hydrogen-bond donors (Lipinski definition) is 3. The van der Waals surface area contributed by atoms with Crippen LogP contribution in [0.1, 0.15) is 17.2 Å². The van der Waals surface area contributed by atoms with Gasteiger partial charge in [0.15, 0.2) is 6.10 Å². The summed E-state index contributed by atoms with van der Waals surface area (Å²) in [4.78, 5) is 11.1. The van der Waals surface area contributed by atoms with E-state index in [1.165, 1.54) is 12.1 Å². The lowest BCUT2D eigenvalue weighted by Gasteiger charge is -2.18. The van der Waals surface area contributed by atoms with E-state index in [0.717, 1.165) is 7.11 Å². The molecular weight excluding hydrogens is 248 g/mol. The molecule has 0 aliphatic carbocycles. The highest BCUT2D eigenvalue weighted by Crippen LogP contribution is 2.32. The van der Waals surface area contributed by atoms with Gasteiger partial charge < -0.3 is 20.1 Å². The highest BCUT2D eigenvalue weighted by Gasteiger charge is 2.29. The van der Waals surface area contributed by atoms with Crippen LogP contribution in [0.3, 0.4) is 0 Å². The molecule has 5 nitrogen and oxygen atoms in total. The number of phenolic OH excluding ortho intramolecular Hbond substituents is 1. The summed E-state index contributed by atoms with van der Waals surface area (Å²) in [6.07, 6.45) is -3.37. The number of aliphatic hydroxyl groups excluding tert-OH is 2. The predicted octanol–water partition coefficient (Wildman–Crippen LogP) is 0.921. The van der Waals surface area contributed by atoms with E-state index in [-0.39, 0.29) is 16.3 Å². The standard InChI is InChI=1S/C11H13ClO5/c1-5-3-6(12)4-7(8(5)13)9(14)10(15)11(16)17-2/h3-4,9-10,13-15H,1-2H3. The zero-order valence-corrected chi connectivity index (χ0v) is 10.1. The molecule has 0 aromatic heterocycles. The smallest absolute Gasteiger partial charge is 0.337 e. The minimum absolute atomic E-state index is 0.0205. The Labute approximate surface area is 103 Å². The number of aryl methyl sites for hydroxylation is 1. The van der Waals surface area contributed by atoms with E-state index in [4.69, 9.17) is 11.6 Å². The quantitative estimate of drug-likeness (QED) is 0.704. The number of hydrogen-bond acceptors (Lipinski definition) is 5. The topological polar surface area (TPSA) is 87.0 Å². The molecule has 0 heterocycles. The molecule has 17 heavy (non-hydrogen) atoms. The lowest BCUT2D eigenvalue weighted by atomic mass is 10.0. The van der Waals surface area contributed by atoms with Crippen LogP contribution >= 0.6 is 11.6 Å². The van der Waals surface area contributed by atoms with Crippen molar-refractivity contribution in [3.05, 3.63) is 28.3 Å². The van der Waals surface area contributed by atoms with Crippen molar-refractivity contribution in [1.29, 1.82) is 0 Å². The molecule has 0 spiro atoms. The first kappa shape index (κ1) is 13.8. The maximum absolute atomic E-state index is 11.1. The Morgan fingerprint density at radius 3 is 2.53 bits per heavy atom. The van der Waals surface area contributed by atoms with Crippen molar-refractivity contribution in [1.82, 2.24) is 0 Å². The Morgan fingerprint density at radius 1 is 1.41 bits per heavy atom. The summed E-state index contributed by atoms with van der Waals surface area (Å²) in [6, 6.07) is 2.78. The minimum Gasteiger partial charge on any atom is -0.507 e. The number of carbonyl (C=O) groups is 1. The van der Waals surface area contributed by atoms with Crippen LogP contribution in [0.5, 0.6) is 5.75 Å². The van der Waals surface area contributed by atoms with Crippen LogP contribution in [0.25, 0.3) is 0 Å². The van der Waals surface area contributed by atoms with Gasteiger partial charge in [-0.05, 0) is 24.6 Å². The van der Waals surface area contributed by atoms with Gasteiger partial charge in [0, 0.05) is 10.6 Å². The van der Waals surface area contributed by atoms with E-state index in [2.05, 4.69) is 4.74 Å². The van der Waals surface area contributed by atoms with Crippen LogP contribution in [0.15, 0.2) is 12.1 Å². The summed E-state index contributed by atoms with van der Waals surface area (Å²) in [5.41, 5.74) is 0.413. The van der Waals surface area contributed by atoms with E-state index in [1.807, 2.05) is 0 Å². The van der Waals surface area contributed by atoms with Crippen molar-refractivity contribution in [3.63, 3.8) is 0 Å². The van der Waals surface area contributed by atoms with E-state index >= 15 is 0 Å². The van der Waals surface area contributed by atoms with E-state index in [0.29, 0.717) is 5.56 Å². The predicted molar refractivity (Wildman–Crippen MR) is 60.8 cm³/mol. The number of benzene rings is 1. The largest absolute Gasteiger partial charge is 0.507 e. The third-order valence-corrected chi connectivity index (χ3v) is 2.57. The van der Waals surface area contributed by atoms with Crippen molar-refractivity contribution in [2.24, 2.45) is 0 Å². The lowest BCUT2D eigenvalue weighted by molar-refractivity contribution is -0.156. The van der Waals surface area contributed by atoms with E-state index in [9.17, 15) is 20.1 Å². The number of aliphatic hydroxyl groups is 2. The molecule has 0 fully saturated rings. The molecule has 0 bridgehead atoms. The minimum atomic E-state index is -1.77. The number of phenols is 1. The zero-order chi connectivity index (χ0) is 13.2. The molecule has 3 N–H and O–H groups in total. The van der Waals surface area contributed by atoms with Crippen LogP contribution < -0.4 is 0 Å². The molecule has 1 aromatic rings. The summed E-state index contributed by atoms with van der Waals surface area (Å²) in [5, 5.41) is 29.2. The van der Waals surface area contributed by atoms with Gasteiger partial charge in [0.25, 0.3) is 0 Å². The molecule has 94 valence electrons. The molecule has 1 rings (SSSR count). The van der Waals surface area contributed by atoms with Crippen LogP contribution in [-0.2, 0) is 9.53 Å². The summed E-state index contributed by atoms with van der Waals surface area (Å²) in [6.45, 7) is 1.59. The van der Waals surface area contributed by atoms with Gasteiger partial charge in [0.2, 0.25) is 0 Å². The molecule has 0 aliphatic rings. The van der Waals surface area contributed by atoms with Crippen LogP contribution in [-0.4, -0.2) is 34.5 Å². The van der Waals surface area contributed by atoms with Gasteiger partial charge >= 0.3 is 5.97 Å². The summed E-state index contributed by atoms with van der Waals surface area (Å²) in [7, 11) is 1.08. The normalized spacial score (nSPS) is 14.2. The van der Waals surface area contributed by atoms with Gasteiger partial charge in [0.1, 0.15) is 11.9 Å². The fraction of sp³-hybridized carbons (Fsp3) is 0.364. The average Bonchev–Trinajstić information content (AvgIpc) is 2.30. The van der Waals surface area contributed by atoms with Gasteiger partial charge in [-0.25, -0.2) is 4.79 Å². The second-order valence-corrected chi connectivity index (χ2v) is 4.01. The monoisotopic (exact) mass is 260 g/mol. The summed E-state index contributed by atoms with van der Waals surface area (Å²) < 4.78 is 4.29. The second-order valence-electron chi connectivity index (χ2n) is 3.57. The van der Waals surface area contributed by atoms with E-state index < -0.39 is 18.2 Å². The Hall–Kier alpha value is -1.30. The Kier molecular flexibility index (Phi) is 4.34. The van der Waals surface area contributed by atoms with Gasteiger partial charge in [-0.15, -0.1) is 0 Å². The van der Waals surface area contributed by atoms with Gasteiger partial charge in [0.05, 0.1) is 7.11 Å². The highest BCUT2D eigenvalue weighted by atomic mass is 35.5. The Bertz CT molecular complexity index is 432. The number of methoxy groups -OCH3 is 1. The highest BCUT2D eigenvalue weighted by molar-refractivity contribution is 6.30. The maximum Gasteiger partial charge on any atom is 0.337 e. The molecule has 2 atom stereocenters. The molecule has 1 aromatic carbocycles. The average molecular weight is 261 g/mol. The molecule has 2 unspecified atom stereocenters. The molecule has 0 aliphatic heterocycles. The number of ether oxygens (including phenoxy) is 1. The van der Waals surface area contributed by atoms with Crippen molar-refractivity contribution in [2.75, 3.05) is 7.11 Å². The fourth-order valence-electron chi connectivity index (χ4n) is 1.41. The first-order chi connectivity index (χ1) is 7.88. The van der Waals surface area contributed by atoms with Crippen LogP contribution in [0, 0.1) is 6.92 Å². The Balaban J connectivity index is 3.12. The number of carbonyl (C=O) groups excluding carboxylic acids is 1. The molecule has 0 saturated carbocycles. The van der Waals surface area contributed by atoms with E-state index in [1.54, 1.807) is 6.92 Å². The number of esters is 1. The number of halogens is 1. The van der Waals surface area contributed by atoms with Crippen molar-refractivity contribution in [2.45, 2.75) is 19.1 Å². The zero-order valence-electron chi connectivity index (χ0n) is 9.35. The number of rotatable bonds is 3. The second kappa shape index (κ2) is 5.35. The molecular formula is C11H13ClO5. The number of aromatic hydroxyl groups is 1. The van der Waals surface area contributed by atoms with Crippen LogP contribution in [0.2, 0.25) is 5.02 Å². The maximum atomic E-state index is 11.1. The fourth-order valence-corrected chi connectivity index (χ4v) is 1.69. The molecule has 0 saturated heterocycles. The third kappa shape index (κ3) is 2.88. The summed E-state index contributed by atoms with van der Waals surface area (Å²) >= 11 is 5.76. The van der Waals surface area contributed by atoms with Gasteiger partial charge in [-0.1, -0.05) is 11.6 Å². The van der Waals surface area contributed by atoms with Gasteiger partial charge in [-0.3, -0.25) is 0 Å². The van der Waals surface area contributed by atoms with Crippen molar-refractivity contribution < 1.29 is 24.9 Å².